The summed E-state index contributed by atoms with van der Waals surface area (Å²) in [5.74, 6) is 0.166. The van der Waals surface area contributed by atoms with E-state index in [4.69, 9.17) is 9.47 Å². The lowest BCUT2D eigenvalue weighted by molar-refractivity contribution is -0.137. The first kappa shape index (κ1) is 14.9. The van der Waals surface area contributed by atoms with E-state index in [1.807, 2.05) is 17.2 Å². The highest BCUT2D eigenvalue weighted by atomic mass is 32.1. The van der Waals surface area contributed by atoms with Gasteiger partial charge in [0.05, 0.1) is 42.2 Å². The number of carbonyl (C=O) groups is 1. The zero-order valence-electron chi connectivity index (χ0n) is 12.6. The summed E-state index contributed by atoms with van der Waals surface area (Å²) in [7, 11) is 0. The molecule has 21 heavy (non-hydrogen) atoms. The molecule has 0 aliphatic carbocycles. The predicted octanol–water partition coefficient (Wildman–Crippen LogP) is 2.14. The van der Waals surface area contributed by atoms with Crippen molar-refractivity contribution in [1.29, 1.82) is 0 Å². The van der Waals surface area contributed by atoms with Crippen LogP contribution in [-0.2, 0) is 20.9 Å². The molecule has 6 heteroatoms. The van der Waals surface area contributed by atoms with Crippen LogP contribution in [-0.4, -0.2) is 47.2 Å². The van der Waals surface area contributed by atoms with Gasteiger partial charge < -0.3 is 14.4 Å². The summed E-state index contributed by atoms with van der Waals surface area (Å²) < 4.78 is 11.8. The number of rotatable bonds is 4. The Morgan fingerprint density at radius 2 is 2.38 bits per heavy atom. The number of carbonyl (C=O) groups excluding carboxylic acids is 1. The van der Waals surface area contributed by atoms with Crippen molar-refractivity contribution in [2.45, 2.75) is 58.0 Å². The molecule has 0 bridgehead atoms. The molecule has 2 aliphatic rings. The molecule has 0 radical (unpaired) electrons. The third kappa shape index (κ3) is 3.44. The number of aromatic nitrogens is 1. The lowest BCUT2D eigenvalue weighted by atomic mass is 9.99. The summed E-state index contributed by atoms with van der Waals surface area (Å²) in [6, 6.07) is 0.278. The first-order chi connectivity index (χ1) is 10.1. The van der Waals surface area contributed by atoms with Crippen molar-refractivity contribution in [3.63, 3.8) is 0 Å². The molecule has 0 saturated carbocycles. The van der Waals surface area contributed by atoms with Crippen LogP contribution in [0.4, 0.5) is 0 Å². The molecule has 2 saturated heterocycles. The molecule has 3 atom stereocenters. The van der Waals surface area contributed by atoms with E-state index in [2.05, 4.69) is 4.98 Å². The Morgan fingerprint density at radius 1 is 1.52 bits per heavy atom. The van der Waals surface area contributed by atoms with Gasteiger partial charge in [0.25, 0.3) is 0 Å². The van der Waals surface area contributed by atoms with Gasteiger partial charge in [-0.1, -0.05) is 0 Å². The van der Waals surface area contributed by atoms with Crippen LogP contribution in [0.1, 0.15) is 36.9 Å². The van der Waals surface area contributed by atoms with E-state index in [1.54, 1.807) is 18.3 Å². The Hall–Kier alpha value is -0.980. The molecule has 5 nitrogen and oxygen atoms in total. The monoisotopic (exact) mass is 310 g/mol. The zero-order chi connectivity index (χ0) is 14.8. The van der Waals surface area contributed by atoms with Crippen molar-refractivity contribution in [3.05, 3.63) is 16.1 Å². The lowest BCUT2D eigenvalue weighted by Gasteiger charge is -2.35. The molecule has 3 heterocycles. The van der Waals surface area contributed by atoms with E-state index in [0.29, 0.717) is 13.2 Å². The summed E-state index contributed by atoms with van der Waals surface area (Å²) in [5, 5.41) is 3.11. The van der Waals surface area contributed by atoms with Gasteiger partial charge in [-0.15, -0.1) is 11.3 Å². The predicted molar refractivity (Wildman–Crippen MR) is 80.2 cm³/mol. The average Bonchev–Trinajstić information content (AvgIpc) is 3.04. The number of thiazole rings is 1. The molecule has 2 fully saturated rings. The van der Waals surface area contributed by atoms with Crippen molar-refractivity contribution in [2.75, 3.05) is 13.2 Å². The Bertz CT molecular complexity index is 505. The third-order valence-electron chi connectivity index (χ3n) is 4.26. The first-order valence-electron chi connectivity index (χ1n) is 7.55. The number of nitrogens with zero attached hydrogens (tertiary/aromatic N) is 2. The second kappa shape index (κ2) is 6.42. The largest absolute Gasteiger partial charge is 0.372 e. The molecule has 0 N–H and O–H groups in total. The highest BCUT2D eigenvalue weighted by molar-refractivity contribution is 7.09. The van der Waals surface area contributed by atoms with E-state index in [1.165, 1.54) is 0 Å². The summed E-state index contributed by atoms with van der Waals surface area (Å²) in [6.07, 6.45) is 3.27. The second-order valence-corrected chi connectivity index (χ2v) is 6.88. The topological polar surface area (TPSA) is 51.7 Å². The van der Waals surface area contributed by atoms with E-state index >= 15 is 0 Å². The minimum absolute atomic E-state index is 0.151. The van der Waals surface area contributed by atoms with E-state index < -0.39 is 0 Å². The highest BCUT2D eigenvalue weighted by Crippen LogP contribution is 2.31. The molecule has 1 aromatic rings. The number of likely N-dealkylation sites (tertiary alicyclic amines) is 1. The van der Waals surface area contributed by atoms with Crippen LogP contribution in [0.15, 0.2) is 5.38 Å². The van der Waals surface area contributed by atoms with E-state index in [9.17, 15) is 4.79 Å². The fourth-order valence-corrected chi connectivity index (χ4v) is 3.88. The van der Waals surface area contributed by atoms with Gasteiger partial charge in [0.1, 0.15) is 0 Å². The molecule has 1 aromatic heterocycles. The van der Waals surface area contributed by atoms with Crippen LogP contribution in [0.5, 0.6) is 0 Å². The number of hydrogen-bond acceptors (Lipinski definition) is 5. The normalized spacial score (nSPS) is 28.7. The van der Waals surface area contributed by atoms with Gasteiger partial charge in [-0.05, 0) is 26.2 Å². The lowest BCUT2D eigenvalue weighted by Crippen LogP contribution is -2.45. The van der Waals surface area contributed by atoms with Crippen LogP contribution in [0, 0.1) is 6.92 Å². The average molecular weight is 310 g/mol. The fraction of sp³-hybridized carbons (Fsp3) is 0.733. The molecule has 0 spiro atoms. The van der Waals surface area contributed by atoms with Gasteiger partial charge in [0, 0.05) is 18.8 Å². The Labute approximate surface area is 129 Å². The quantitative estimate of drug-likeness (QED) is 0.855. The van der Waals surface area contributed by atoms with Gasteiger partial charge in [0.15, 0.2) is 0 Å². The van der Waals surface area contributed by atoms with Crippen LogP contribution in [0.25, 0.3) is 0 Å². The van der Waals surface area contributed by atoms with Gasteiger partial charge in [-0.3, -0.25) is 4.79 Å². The van der Waals surface area contributed by atoms with E-state index in [0.717, 1.165) is 36.5 Å². The molecule has 3 rings (SSSR count). The van der Waals surface area contributed by atoms with Gasteiger partial charge >= 0.3 is 0 Å². The van der Waals surface area contributed by atoms with Crippen LogP contribution in [0.3, 0.4) is 0 Å². The minimum atomic E-state index is 0.151. The maximum absolute atomic E-state index is 11.6. The van der Waals surface area contributed by atoms with E-state index in [-0.39, 0.29) is 24.2 Å². The zero-order valence-corrected chi connectivity index (χ0v) is 13.4. The SMILES string of the molecule is CC(=O)N1CC[C@@H]2O[C@H](COCc3csc(C)n3)CC[C@@H]21. The fourth-order valence-electron chi connectivity index (χ4n) is 3.28. The molecule has 0 unspecified atom stereocenters. The van der Waals surface area contributed by atoms with Crippen molar-refractivity contribution in [1.82, 2.24) is 9.88 Å². The molecule has 116 valence electrons. The van der Waals surface area contributed by atoms with Gasteiger partial charge in [-0.25, -0.2) is 4.98 Å². The molecular formula is C15H22N2O3S. The maximum atomic E-state index is 11.6. The summed E-state index contributed by atoms with van der Waals surface area (Å²) in [4.78, 5) is 17.9. The Kier molecular flexibility index (Phi) is 4.57. The van der Waals surface area contributed by atoms with Crippen LogP contribution >= 0.6 is 11.3 Å². The van der Waals surface area contributed by atoms with Crippen molar-refractivity contribution < 1.29 is 14.3 Å². The standard InChI is InChI=1S/C15H22N2O3S/c1-10-16-12(9-21-10)7-19-8-13-3-4-14-15(20-13)5-6-17(14)11(2)18/h9,13-15H,3-8H2,1-2H3/t13-,14-,15-/m0/s1. The second-order valence-electron chi connectivity index (χ2n) is 5.82. The molecule has 1 amide bonds. The first-order valence-corrected chi connectivity index (χ1v) is 8.43. The number of hydrogen-bond donors (Lipinski definition) is 0. The summed E-state index contributed by atoms with van der Waals surface area (Å²) >= 11 is 1.65. The minimum Gasteiger partial charge on any atom is -0.372 e. The van der Waals surface area contributed by atoms with Gasteiger partial charge in [0.2, 0.25) is 5.91 Å². The van der Waals surface area contributed by atoms with Crippen LogP contribution in [0.2, 0.25) is 0 Å². The van der Waals surface area contributed by atoms with Crippen molar-refractivity contribution in [3.8, 4) is 0 Å². The maximum Gasteiger partial charge on any atom is 0.219 e. The molecule has 0 aromatic carbocycles. The molecule has 2 aliphatic heterocycles. The number of fused-ring (bicyclic) bond motifs is 1. The smallest absolute Gasteiger partial charge is 0.219 e. The summed E-state index contributed by atoms with van der Waals surface area (Å²) in [5.41, 5.74) is 0.995. The van der Waals surface area contributed by atoms with Gasteiger partial charge in [-0.2, -0.15) is 0 Å². The summed E-state index contributed by atoms with van der Waals surface area (Å²) in [6.45, 7) is 5.64. The molecular weight excluding hydrogens is 288 g/mol. The third-order valence-corrected chi connectivity index (χ3v) is 5.08. The Morgan fingerprint density at radius 3 is 3.10 bits per heavy atom. The van der Waals surface area contributed by atoms with Crippen molar-refractivity contribution in [2.24, 2.45) is 0 Å². The number of aryl methyl sites for hydroxylation is 1. The van der Waals surface area contributed by atoms with Crippen molar-refractivity contribution >= 4 is 17.2 Å². The number of ether oxygens (including phenoxy) is 2. The van der Waals surface area contributed by atoms with Crippen LogP contribution < -0.4 is 0 Å². The highest BCUT2D eigenvalue weighted by Gasteiger charge is 2.40. The number of amides is 1. The Balaban J connectivity index is 1.44.